The van der Waals surface area contributed by atoms with Gasteiger partial charge in [-0.2, -0.15) is 0 Å². The highest BCUT2D eigenvalue weighted by Gasteiger charge is 2.20. The van der Waals surface area contributed by atoms with E-state index in [1.54, 1.807) is 6.92 Å². The highest BCUT2D eigenvalue weighted by Crippen LogP contribution is 2.00. The Morgan fingerprint density at radius 1 is 1.69 bits per heavy atom. The summed E-state index contributed by atoms with van der Waals surface area (Å²) < 4.78 is 0. The van der Waals surface area contributed by atoms with Crippen LogP contribution in [0.4, 0.5) is 0 Å². The molecular formula is C9H16N2O2. The van der Waals surface area contributed by atoms with Crippen LogP contribution in [0.1, 0.15) is 20.3 Å². The van der Waals surface area contributed by atoms with Crippen LogP contribution in [0, 0.1) is 0 Å². The molecule has 0 saturated carbocycles. The van der Waals surface area contributed by atoms with Crippen molar-refractivity contribution >= 4 is 11.7 Å². The number of hydrogen-bond acceptors (Lipinski definition) is 3. The molecule has 1 N–H and O–H groups in total. The van der Waals surface area contributed by atoms with Gasteiger partial charge in [0.05, 0.1) is 6.54 Å². The van der Waals surface area contributed by atoms with Gasteiger partial charge in [-0.15, -0.1) is 0 Å². The Kier molecular flexibility index (Phi) is 3.42. The van der Waals surface area contributed by atoms with Gasteiger partial charge in [0.1, 0.15) is 5.78 Å². The monoisotopic (exact) mass is 184 g/mol. The summed E-state index contributed by atoms with van der Waals surface area (Å²) in [5.41, 5.74) is 0. The SMILES string of the molecule is CC(=O)CCN1CC(=O)NC(C)C1. The van der Waals surface area contributed by atoms with Crippen LogP contribution in [0.5, 0.6) is 0 Å². The summed E-state index contributed by atoms with van der Waals surface area (Å²) in [6, 6.07) is 0.202. The molecule has 1 unspecified atom stereocenters. The highest BCUT2D eigenvalue weighted by molar-refractivity contribution is 5.79. The first-order chi connectivity index (χ1) is 6.08. The lowest BCUT2D eigenvalue weighted by Gasteiger charge is -2.30. The van der Waals surface area contributed by atoms with Gasteiger partial charge in [0, 0.05) is 25.6 Å². The largest absolute Gasteiger partial charge is 0.351 e. The van der Waals surface area contributed by atoms with E-state index in [1.165, 1.54) is 0 Å². The topological polar surface area (TPSA) is 49.4 Å². The molecule has 0 spiro atoms. The molecule has 4 heteroatoms. The Balaban J connectivity index is 2.33. The van der Waals surface area contributed by atoms with E-state index in [0.717, 1.165) is 6.54 Å². The minimum atomic E-state index is 0.0577. The van der Waals surface area contributed by atoms with Crippen LogP contribution in [0.25, 0.3) is 0 Å². The van der Waals surface area contributed by atoms with Crippen molar-refractivity contribution in [1.29, 1.82) is 0 Å². The molecule has 1 saturated heterocycles. The fourth-order valence-electron chi connectivity index (χ4n) is 1.51. The number of piperazine rings is 1. The normalized spacial score (nSPS) is 24.2. The smallest absolute Gasteiger partial charge is 0.234 e. The maximum absolute atomic E-state index is 11.1. The van der Waals surface area contributed by atoms with Crippen LogP contribution in [0.15, 0.2) is 0 Å². The van der Waals surface area contributed by atoms with E-state index in [2.05, 4.69) is 5.32 Å². The summed E-state index contributed by atoms with van der Waals surface area (Å²) in [4.78, 5) is 23.8. The fraction of sp³-hybridized carbons (Fsp3) is 0.778. The summed E-state index contributed by atoms with van der Waals surface area (Å²) >= 11 is 0. The number of hydrogen-bond donors (Lipinski definition) is 1. The second-order valence-electron chi connectivity index (χ2n) is 3.66. The average molecular weight is 184 g/mol. The molecule has 1 atom stereocenters. The third-order valence-electron chi connectivity index (χ3n) is 2.09. The quantitative estimate of drug-likeness (QED) is 0.660. The van der Waals surface area contributed by atoms with E-state index in [9.17, 15) is 9.59 Å². The standard InChI is InChI=1S/C9H16N2O2/c1-7-5-11(4-3-8(2)12)6-9(13)10-7/h7H,3-6H2,1-2H3,(H,10,13). The van der Waals surface area contributed by atoms with Crippen molar-refractivity contribution in [3.8, 4) is 0 Å². The second kappa shape index (κ2) is 4.37. The number of ketones is 1. The Labute approximate surface area is 78.3 Å². The van der Waals surface area contributed by atoms with Crippen LogP contribution in [-0.2, 0) is 9.59 Å². The molecule has 13 heavy (non-hydrogen) atoms. The van der Waals surface area contributed by atoms with Crippen LogP contribution in [0.2, 0.25) is 0 Å². The number of Topliss-reactive ketones (excluding diaryl/α,β-unsaturated/α-hetero) is 1. The summed E-state index contributed by atoms with van der Waals surface area (Å²) in [6.07, 6.45) is 0.542. The molecule has 74 valence electrons. The minimum Gasteiger partial charge on any atom is -0.351 e. The van der Waals surface area contributed by atoms with Gasteiger partial charge >= 0.3 is 0 Å². The van der Waals surface area contributed by atoms with E-state index in [-0.39, 0.29) is 17.7 Å². The van der Waals surface area contributed by atoms with Crippen molar-refractivity contribution in [2.24, 2.45) is 0 Å². The first kappa shape index (κ1) is 10.2. The van der Waals surface area contributed by atoms with Crippen LogP contribution in [0.3, 0.4) is 0 Å². The molecule has 4 nitrogen and oxygen atoms in total. The predicted molar refractivity (Wildman–Crippen MR) is 49.3 cm³/mol. The zero-order valence-corrected chi connectivity index (χ0v) is 8.17. The number of nitrogens with zero attached hydrogens (tertiary/aromatic N) is 1. The fourth-order valence-corrected chi connectivity index (χ4v) is 1.51. The highest BCUT2D eigenvalue weighted by atomic mass is 16.2. The van der Waals surface area contributed by atoms with E-state index < -0.39 is 0 Å². The summed E-state index contributed by atoms with van der Waals surface area (Å²) in [6.45, 7) is 5.52. The Bertz CT molecular complexity index is 216. The minimum absolute atomic E-state index is 0.0577. The number of amides is 1. The predicted octanol–water partition coefficient (Wildman–Crippen LogP) is -0.214. The molecule has 1 heterocycles. The Morgan fingerprint density at radius 2 is 2.38 bits per heavy atom. The van der Waals surface area contributed by atoms with Gasteiger partial charge in [0.2, 0.25) is 5.91 Å². The van der Waals surface area contributed by atoms with Gasteiger partial charge in [-0.05, 0) is 13.8 Å². The second-order valence-corrected chi connectivity index (χ2v) is 3.66. The lowest BCUT2D eigenvalue weighted by atomic mass is 10.2. The van der Waals surface area contributed by atoms with Gasteiger partial charge < -0.3 is 5.32 Å². The maximum atomic E-state index is 11.1. The van der Waals surface area contributed by atoms with Gasteiger partial charge in [-0.3, -0.25) is 14.5 Å². The van der Waals surface area contributed by atoms with Crippen LogP contribution in [-0.4, -0.2) is 42.3 Å². The van der Waals surface area contributed by atoms with Gasteiger partial charge in [-0.25, -0.2) is 0 Å². The first-order valence-corrected chi connectivity index (χ1v) is 4.59. The molecule has 1 aliphatic heterocycles. The molecular weight excluding hydrogens is 168 g/mol. The van der Waals surface area contributed by atoms with Crippen molar-refractivity contribution in [2.75, 3.05) is 19.6 Å². The molecule has 0 radical (unpaired) electrons. The molecule has 0 bridgehead atoms. The first-order valence-electron chi connectivity index (χ1n) is 4.59. The van der Waals surface area contributed by atoms with Crippen molar-refractivity contribution in [2.45, 2.75) is 26.3 Å². The van der Waals surface area contributed by atoms with Gasteiger partial charge in [0.15, 0.2) is 0 Å². The third-order valence-corrected chi connectivity index (χ3v) is 2.09. The van der Waals surface area contributed by atoms with Gasteiger partial charge in [-0.1, -0.05) is 0 Å². The van der Waals surface area contributed by atoms with Crippen molar-refractivity contribution in [1.82, 2.24) is 10.2 Å². The molecule has 1 rings (SSSR count). The molecule has 0 aromatic rings. The third kappa shape index (κ3) is 3.55. The Hall–Kier alpha value is -0.900. The zero-order chi connectivity index (χ0) is 9.84. The number of rotatable bonds is 3. The molecule has 0 aliphatic carbocycles. The maximum Gasteiger partial charge on any atom is 0.234 e. The summed E-state index contributed by atoms with van der Waals surface area (Å²) in [5.74, 6) is 0.237. The zero-order valence-electron chi connectivity index (χ0n) is 8.17. The van der Waals surface area contributed by atoms with E-state index in [4.69, 9.17) is 0 Å². The molecule has 0 aromatic carbocycles. The molecule has 1 aliphatic rings. The number of carbonyl (C=O) groups is 2. The van der Waals surface area contributed by atoms with Gasteiger partial charge in [0.25, 0.3) is 0 Å². The van der Waals surface area contributed by atoms with E-state index in [1.807, 2.05) is 11.8 Å². The number of carbonyl (C=O) groups excluding carboxylic acids is 2. The molecule has 1 fully saturated rings. The molecule has 1 amide bonds. The Morgan fingerprint density at radius 3 is 2.92 bits per heavy atom. The lowest BCUT2D eigenvalue weighted by molar-refractivity contribution is -0.126. The van der Waals surface area contributed by atoms with Crippen LogP contribution >= 0.6 is 0 Å². The molecule has 0 aromatic heterocycles. The summed E-state index contributed by atoms with van der Waals surface area (Å²) in [7, 11) is 0. The van der Waals surface area contributed by atoms with Crippen molar-refractivity contribution in [3.05, 3.63) is 0 Å². The average Bonchev–Trinajstić information content (AvgIpc) is 1.99. The number of nitrogens with one attached hydrogen (secondary N) is 1. The van der Waals surface area contributed by atoms with Crippen LogP contribution < -0.4 is 5.32 Å². The van der Waals surface area contributed by atoms with Crippen molar-refractivity contribution in [3.63, 3.8) is 0 Å². The van der Waals surface area contributed by atoms with Crippen molar-refractivity contribution < 1.29 is 9.59 Å². The summed E-state index contributed by atoms with van der Waals surface area (Å²) in [5, 5.41) is 2.83. The van der Waals surface area contributed by atoms with E-state index >= 15 is 0 Å². The lowest BCUT2D eigenvalue weighted by Crippen LogP contribution is -2.53. The van der Waals surface area contributed by atoms with E-state index in [0.29, 0.717) is 19.5 Å².